The van der Waals surface area contributed by atoms with Gasteiger partial charge in [-0.1, -0.05) is 42.5 Å². The number of aromatic nitrogens is 1. The number of carbonyl (C=O) groups is 1. The first-order valence-corrected chi connectivity index (χ1v) is 8.97. The normalized spacial score (nSPS) is 12.0. The van der Waals surface area contributed by atoms with Crippen LogP contribution in [0.4, 0.5) is 0 Å². The minimum absolute atomic E-state index is 0.108. The van der Waals surface area contributed by atoms with Gasteiger partial charge in [-0.3, -0.25) is 14.2 Å². The summed E-state index contributed by atoms with van der Waals surface area (Å²) in [5.41, 5.74) is 1.07. The molecule has 2 aromatic carbocycles. The molecule has 1 aromatic heterocycles. The van der Waals surface area contributed by atoms with E-state index in [9.17, 15) is 9.59 Å². The van der Waals surface area contributed by atoms with Crippen molar-refractivity contribution in [2.24, 2.45) is 0 Å². The zero-order chi connectivity index (χ0) is 19.2. The first-order valence-electron chi connectivity index (χ1n) is 8.16. The van der Waals surface area contributed by atoms with Gasteiger partial charge in [0, 0.05) is 11.6 Å². The van der Waals surface area contributed by atoms with Crippen molar-refractivity contribution in [2.45, 2.75) is 6.54 Å². The Morgan fingerprint density at radius 3 is 2.52 bits per heavy atom. The lowest BCUT2D eigenvalue weighted by atomic mass is 10.1. The van der Waals surface area contributed by atoms with Crippen LogP contribution in [0.15, 0.2) is 59.4 Å². The molecule has 3 aromatic rings. The Bertz CT molecular complexity index is 1170. The van der Waals surface area contributed by atoms with E-state index in [0.29, 0.717) is 14.8 Å². The van der Waals surface area contributed by atoms with E-state index < -0.39 is 0 Å². The molecule has 0 N–H and O–H groups in total. The van der Waals surface area contributed by atoms with E-state index in [4.69, 9.17) is 10.00 Å². The predicted octanol–water partition coefficient (Wildman–Crippen LogP) is 1.93. The molecule has 0 fully saturated rings. The molecule has 3 rings (SSSR count). The Hall–Kier alpha value is -3.43. The van der Waals surface area contributed by atoms with Gasteiger partial charge in [0.2, 0.25) is 0 Å². The number of carbonyl (C=O) groups excluding carboxylic acids is 1. The Labute approximate surface area is 159 Å². The van der Waals surface area contributed by atoms with E-state index in [2.05, 4.69) is 0 Å². The molecule has 0 spiro atoms. The van der Waals surface area contributed by atoms with E-state index in [1.54, 1.807) is 49.6 Å². The van der Waals surface area contributed by atoms with Crippen molar-refractivity contribution in [2.75, 3.05) is 7.11 Å². The summed E-state index contributed by atoms with van der Waals surface area (Å²) in [4.78, 5) is 25.3. The zero-order valence-corrected chi connectivity index (χ0v) is 15.4. The van der Waals surface area contributed by atoms with Gasteiger partial charge >= 0.3 is 0 Å². The van der Waals surface area contributed by atoms with Crippen LogP contribution in [0.25, 0.3) is 12.2 Å². The molecule has 0 aliphatic carbocycles. The van der Waals surface area contributed by atoms with Crippen LogP contribution in [0.3, 0.4) is 0 Å². The van der Waals surface area contributed by atoms with Crippen LogP contribution in [-0.2, 0) is 6.54 Å². The fourth-order valence-electron chi connectivity index (χ4n) is 2.56. The maximum Gasteiger partial charge on any atom is 0.269 e. The third kappa shape index (κ3) is 4.22. The van der Waals surface area contributed by atoms with Gasteiger partial charge in [-0.15, -0.1) is 11.3 Å². The molecule has 0 atom stereocenters. The Kier molecular flexibility index (Phi) is 5.64. The number of benzene rings is 2. The number of ether oxygens (including phenoxy) is 1. The number of rotatable bonds is 5. The average Bonchev–Trinajstić information content (AvgIpc) is 2.98. The predicted molar refractivity (Wildman–Crippen MR) is 105 cm³/mol. The molecule has 6 heteroatoms. The number of thiazole rings is 1. The summed E-state index contributed by atoms with van der Waals surface area (Å²) in [5.74, 6) is 0.543. The van der Waals surface area contributed by atoms with Crippen molar-refractivity contribution in [3.8, 4) is 11.8 Å². The number of nitrogens with zero attached hydrogens (tertiary/aromatic N) is 2. The van der Waals surface area contributed by atoms with Crippen LogP contribution < -0.4 is 19.5 Å². The number of ketones is 1. The van der Waals surface area contributed by atoms with Gasteiger partial charge in [-0.2, -0.15) is 5.26 Å². The van der Waals surface area contributed by atoms with Crippen LogP contribution in [0, 0.1) is 11.3 Å². The lowest BCUT2D eigenvalue weighted by molar-refractivity contribution is 0.0970. The molecular formula is C21H16N2O3S. The van der Waals surface area contributed by atoms with Crippen molar-refractivity contribution in [1.29, 1.82) is 5.26 Å². The highest BCUT2D eigenvalue weighted by atomic mass is 32.1. The lowest BCUT2D eigenvalue weighted by Crippen LogP contribution is -2.34. The Morgan fingerprint density at radius 1 is 1.19 bits per heavy atom. The number of hydrogen-bond acceptors (Lipinski definition) is 5. The smallest absolute Gasteiger partial charge is 0.269 e. The third-order valence-electron chi connectivity index (χ3n) is 3.94. The average molecular weight is 376 g/mol. The van der Waals surface area contributed by atoms with Crippen LogP contribution in [0.1, 0.15) is 15.9 Å². The van der Waals surface area contributed by atoms with E-state index in [-0.39, 0.29) is 17.9 Å². The van der Waals surface area contributed by atoms with Crippen LogP contribution in [0.5, 0.6) is 5.75 Å². The summed E-state index contributed by atoms with van der Waals surface area (Å²) in [7, 11) is 1.59. The second-order valence-electron chi connectivity index (χ2n) is 5.68. The van der Waals surface area contributed by atoms with Gasteiger partial charge in [0.1, 0.15) is 10.4 Å². The van der Waals surface area contributed by atoms with Crippen molar-refractivity contribution in [3.05, 3.63) is 85.3 Å². The third-order valence-corrected chi connectivity index (χ3v) is 5.00. The maximum absolute atomic E-state index is 12.8. The second-order valence-corrected chi connectivity index (χ2v) is 6.74. The van der Waals surface area contributed by atoms with Crippen molar-refractivity contribution < 1.29 is 9.53 Å². The Morgan fingerprint density at radius 2 is 1.89 bits per heavy atom. The summed E-state index contributed by atoms with van der Waals surface area (Å²) in [6, 6.07) is 18.0. The molecule has 0 aliphatic rings. The van der Waals surface area contributed by atoms with Crippen molar-refractivity contribution in [1.82, 2.24) is 4.57 Å². The van der Waals surface area contributed by atoms with E-state index in [1.807, 2.05) is 24.3 Å². The van der Waals surface area contributed by atoms with Crippen LogP contribution >= 0.6 is 11.3 Å². The molecule has 0 aliphatic heterocycles. The topological polar surface area (TPSA) is 72.1 Å². The standard InChI is InChI=1S/C21H16N2O3S/c1-26-17-9-7-15(8-10-17)13-19-21(25)23(20(27-19)11-12-22)14-18(24)16-5-3-2-4-6-16/h2-11,13H,14H2,1H3/b19-13+,20-11-. The molecule has 0 saturated heterocycles. The first-order chi connectivity index (χ1) is 13.1. The van der Waals surface area contributed by atoms with Crippen molar-refractivity contribution in [3.63, 3.8) is 0 Å². The first kappa shape index (κ1) is 18.4. The zero-order valence-electron chi connectivity index (χ0n) is 14.6. The monoisotopic (exact) mass is 376 g/mol. The highest BCUT2D eigenvalue weighted by molar-refractivity contribution is 7.07. The molecule has 27 heavy (non-hydrogen) atoms. The van der Waals surface area contributed by atoms with Crippen LogP contribution in [0.2, 0.25) is 0 Å². The molecule has 5 nitrogen and oxygen atoms in total. The molecule has 134 valence electrons. The van der Waals surface area contributed by atoms with Gasteiger partial charge in [0.25, 0.3) is 5.56 Å². The van der Waals surface area contributed by atoms with Crippen LogP contribution in [-0.4, -0.2) is 17.5 Å². The van der Waals surface area contributed by atoms with Gasteiger partial charge < -0.3 is 4.74 Å². The molecular weight excluding hydrogens is 360 g/mol. The van der Waals surface area contributed by atoms with E-state index >= 15 is 0 Å². The minimum Gasteiger partial charge on any atom is -0.497 e. The SMILES string of the molecule is COc1ccc(/C=c2/s/c(=C\C#N)n(CC(=O)c3ccccc3)c2=O)cc1. The van der Waals surface area contributed by atoms with E-state index in [1.165, 1.54) is 22.0 Å². The molecule has 0 bridgehead atoms. The largest absolute Gasteiger partial charge is 0.497 e. The summed E-state index contributed by atoms with van der Waals surface area (Å²) in [6.45, 7) is -0.108. The second kappa shape index (κ2) is 8.30. The summed E-state index contributed by atoms with van der Waals surface area (Å²) < 4.78 is 7.39. The van der Waals surface area contributed by atoms with E-state index in [0.717, 1.165) is 11.3 Å². The van der Waals surface area contributed by atoms with Gasteiger partial charge in [0.15, 0.2) is 5.78 Å². The quantitative estimate of drug-likeness (QED) is 0.638. The fraction of sp³-hybridized carbons (Fsp3) is 0.0952. The number of hydrogen-bond donors (Lipinski definition) is 0. The van der Waals surface area contributed by atoms with Gasteiger partial charge in [-0.05, 0) is 23.8 Å². The molecule has 0 unspecified atom stereocenters. The molecule has 0 saturated carbocycles. The maximum atomic E-state index is 12.8. The highest BCUT2D eigenvalue weighted by Gasteiger charge is 2.11. The summed E-state index contributed by atoms with van der Waals surface area (Å²) >= 11 is 1.19. The molecule has 1 heterocycles. The fourth-order valence-corrected chi connectivity index (χ4v) is 3.55. The number of Topliss-reactive ketones (excluding diaryl/α,β-unsaturated/α-hetero) is 1. The lowest BCUT2D eigenvalue weighted by Gasteiger charge is -2.01. The van der Waals surface area contributed by atoms with Gasteiger partial charge in [0.05, 0.1) is 24.3 Å². The molecule has 0 amide bonds. The highest BCUT2D eigenvalue weighted by Crippen LogP contribution is 2.11. The summed E-state index contributed by atoms with van der Waals surface area (Å²) in [5, 5.41) is 9.02. The molecule has 0 radical (unpaired) electrons. The Balaban J connectivity index is 2.03. The van der Waals surface area contributed by atoms with Crippen molar-refractivity contribution >= 4 is 29.3 Å². The number of nitriles is 1. The van der Waals surface area contributed by atoms with Gasteiger partial charge in [-0.25, -0.2) is 0 Å². The minimum atomic E-state index is -0.290. The number of methoxy groups -OCH3 is 1. The summed E-state index contributed by atoms with van der Waals surface area (Å²) in [6.07, 6.45) is 3.03.